The molecule has 0 heterocycles. The molecule has 0 spiro atoms. The van der Waals surface area contributed by atoms with E-state index in [2.05, 4.69) is 19.4 Å². The number of rotatable bonds is 43. The van der Waals surface area contributed by atoms with Crippen LogP contribution in [0.3, 0.4) is 0 Å². The first-order chi connectivity index (χ1) is 45.8. The average Bonchev–Trinajstić information content (AvgIpc) is 0.772. The molecule has 2 atom stereocenters. The SMILES string of the molecule is CCC(C)(CCC(C)(C)C(=O)OCCOC#N)C(=O)OCCOCCOC.[B]OC(=O)CC(C)(C)C1=C(C)C(=O)C(SCCO)=C(C)C1=O.[B]OC(=O)CC(C)(C)C1=C(C)C(=O)C(SCCOC(=O)NCCOC(=O)C(C)(C)CCC(C)(CC)C(=O)OCCOCCOC)=C(C)C1=O. The van der Waals surface area contributed by atoms with E-state index in [-0.39, 0.29) is 141 Å². The number of esters is 4. The lowest BCUT2D eigenvalue weighted by Gasteiger charge is -2.31. The average molecular weight is 1420 g/mol. The molecule has 2 unspecified atom stereocenters. The van der Waals surface area contributed by atoms with Gasteiger partial charge in [0.2, 0.25) is 0 Å². The van der Waals surface area contributed by atoms with Crippen LogP contribution in [0.4, 0.5) is 4.79 Å². The number of alkyl carbamates (subject to hydrolysis) is 1. The molecule has 0 saturated heterocycles. The van der Waals surface area contributed by atoms with Crippen molar-refractivity contribution in [3.63, 3.8) is 0 Å². The first kappa shape index (κ1) is 91.6. The number of carbonyl (C=O) groups excluding carboxylic acids is 11. The van der Waals surface area contributed by atoms with Crippen LogP contribution in [0.2, 0.25) is 0 Å². The second kappa shape index (κ2) is 45.4. The highest BCUT2D eigenvalue weighted by molar-refractivity contribution is 8.04. The molecule has 0 fully saturated rings. The molecule has 0 aromatic heterocycles. The Balaban J connectivity index is 0.00000161. The van der Waals surface area contributed by atoms with Gasteiger partial charge in [0.15, 0.2) is 23.1 Å². The van der Waals surface area contributed by atoms with Crippen molar-refractivity contribution in [2.45, 2.75) is 162 Å². The summed E-state index contributed by atoms with van der Waals surface area (Å²) in [6.07, 6.45) is 3.39. The van der Waals surface area contributed by atoms with E-state index in [1.165, 1.54) is 18.0 Å². The molecule has 0 saturated carbocycles. The normalized spacial score (nSPS) is 14.9. The minimum absolute atomic E-state index is 0.0107. The Morgan fingerprint density at radius 2 is 0.847 bits per heavy atom. The number of nitrogens with zero attached hydrogens (tertiary/aromatic N) is 1. The van der Waals surface area contributed by atoms with Crippen LogP contribution in [0, 0.1) is 44.0 Å². The number of amides is 1. The Hall–Kier alpha value is -6.35. The molecule has 26 nitrogen and oxygen atoms in total. The Bertz CT molecular complexity index is 2910. The Labute approximate surface area is 589 Å². The molecule has 2 aliphatic carbocycles. The van der Waals surface area contributed by atoms with Crippen molar-refractivity contribution in [2.24, 2.45) is 32.5 Å². The maximum Gasteiger partial charge on any atom is 0.407 e. The number of Topliss-reactive ketones (excluding diaryl/α,β-unsaturated/α-hetero) is 4. The van der Waals surface area contributed by atoms with Gasteiger partial charge in [0.25, 0.3) is 18.2 Å². The molecular weight excluding hydrogens is 1310 g/mol. The molecule has 0 bridgehead atoms. The summed E-state index contributed by atoms with van der Waals surface area (Å²) in [7, 11) is 13.0. The van der Waals surface area contributed by atoms with Crippen molar-refractivity contribution in [3.05, 3.63) is 43.2 Å². The van der Waals surface area contributed by atoms with E-state index in [1.807, 2.05) is 27.7 Å². The largest absolute Gasteiger partial charge is 0.543 e. The van der Waals surface area contributed by atoms with E-state index in [0.29, 0.717) is 98.9 Å². The van der Waals surface area contributed by atoms with Gasteiger partial charge in [-0.25, -0.2) is 4.79 Å². The smallest absolute Gasteiger partial charge is 0.407 e. The number of hydrogen-bond donors (Lipinski definition) is 2. The van der Waals surface area contributed by atoms with Crippen LogP contribution >= 0.6 is 23.5 Å². The van der Waals surface area contributed by atoms with Crippen LogP contribution in [0.1, 0.15) is 162 Å². The second-order valence-electron chi connectivity index (χ2n) is 26.1. The van der Waals surface area contributed by atoms with Crippen LogP contribution in [-0.2, 0) is 105 Å². The Morgan fingerprint density at radius 1 is 0.480 bits per heavy atom. The highest BCUT2D eigenvalue weighted by atomic mass is 32.2. The fourth-order valence-corrected chi connectivity index (χ4v) is 11.5. The number of ether oxygens (including phenoxy) is 10. The standard InChI is InChI=1S/C34H52BNO12S.C19H33NO7.C15H19BO5S/c1-10-34(8,30(41)46-18-17-44-16-15-43-9)12-11-32(4,5)29(40)45-14-13-36-31(42)47-19-20-49-28-23(3)26(38)25(22(2)27(28)39)33(6,7)21-24(37)48-35;1-6-19(4,17(22)27-13-11-24-10-9-23-5)8-7-18(2,3)16(21)26-14-12-25-15-20;1-8-11(15(3,4)7-10(18)21-16)12(19)9(2)14(13(8)20)22-6-5-17/h10-21H2,1-9H3,(H,36,42);6-14H2,1-5H3;17H,5-7H2,1-4H3. The molecule has 0 aromatic rings. The van der Waals surface area contributed by atoms with Crippen LogP contribution in [-0.4, -0.2) is 204 Å². The minimum Gasteiger partial charge on any atom is -0.543 e. The molecule has 0 aliphatic heterocycles. The summed E-state index contributed by atoms with van der Waals surface area (Å²) in [5.41, 5.74) is -3.23. The zero-order valence-electron chi connectivity index (χ0n) is 60.7. The molecule has 548 valence electrons. The van der Waals surface area contributed by atoms with E-state index in [4.69, 9.17) is 69.1 Å². The third-order valence-corrected chi connectivity index (χ3v) is 18.8. The summed E-state index contributed by atoms with van der Waals surface area (Å²) >= 11 is 2.26. The van der Waals surface area contributed by atoms with Crippen LogP contribution in [0.15, 0.2) is 43.2 Å². The molecule has 2 aliphatic rings. The summed E-state index contributed by atoms with van der Waals surface area (Å²) in [5.74, 6) is -3.47. The number of methoxy groups -OCH3 is 2. The predicted octanol–water partition coefficient (Wildman–Crippen LogP) is 8.16. The summed E-state index contributed by atoms with van der Waals surface area (Å²) < 4.78 is 59.7. The van der Waals surface area contributed by atoms with E-state index < -0.39 is 56.5 Å². The van der Waals surface area contributed by atoms with Gasteiger partial charge in [-0.05, 0) is 108 Å². The minimum atomic E-state index is -0.969. The fourth-order valence-electron chi connectivity index (χ4n) is 9.63. The summed E-state index contributed by atoms with van der Waals surface area (Å²) in [6.45, 7) is 30.0. The zero-order valence-corrected chi connectivity index (χ0v) is 62.4. The number of allylic oxidation sites excluding steroid dienone is 8. The van der Waals surface area contributed by atoms with Gasteiger partial charge in [0.05, 0.1) is 97.1 Å². The van der Waals surface area contributed by atoms with Crippen molar-refractivity contribution in [1.29, 1.82) is 5.26 Å². The van der Waals surface area contributed by atoms with Crippen molar-refractivity contribution in [1.82, 2.24) is 5.32 Å². The first-order valence-electron chi connectivity index (χ1n) is 32.2. The molecular formula is C68H104B2N2O24S2. The van der Waals surface area contributed by atoms with E-state index in [0.717, 1.165) is 11.8 Å². The maximum atomic E-state index is 13.2. The molecule has 4 radical (unpaired) electrons. The van der Waals surface area contributed by atoms with Gasteiger partial charge in [-0.1, -0.05) is 41.5 Å². The zero-order chi connectivity index (χ0) is 75.3. The lowest BCUT2D eigenvalue weighted by atomic mass is 9.72. The Kier molecular flexibility index (Phi) is 42.5. The van der Waals surface area contributed by atoms with Gasteiger partial charge in [-0.2, -0.15) is 5.26 Å². The van der Waals surface area contributed by atoms with E-state index >= 15 is 0 Å². The lowest BCUT2D eigenvalue weighted by Crippen LogP contribution is -2.35. The van der Waals surface area contributed by atoms with Crippen LogP contribution in [0.25, 0.3) is 0 Å². The second-order valence-corrected chi connectivity index (χ2v) is 28.3. The fraction of sp³-hybridized carbons (Fsp3) is 0.706. The topological polar surface area (TPSA) is 355 Å². The van der Waals surface area contributed by atoms with Crippen molar-refractivity contribution < 1.29 is 115 Å². The van der Waals surface area contributed by atoms with Gasteiger partial charge >= 0.3 is 46.1 Å². The highest BCUT2D eigenvalue weighted by Crippen LogP contribution is 2.44. The van der Waals surface area contributed by atoms with Crippen LogP contribution in [0.5, 0.6) is 0 Å². The number of nitriles is 1. The molecule has 30 heteroatoms. The third-order valence-electron chi connectivity index (χ3n) is 16.5. The molecule has 0 aromatic carbocycles. The summed E-state index contributed by atoms with van der Waals surface area (Å²) in [6, 6.07) is 0. The van der Waals surface area contributed by atoms with Gasteiger partial charge in [0, 0.05) is 70.0 Å². The number of aliphatic hydroxyl groups is 1. The number of aliphatic hydroxyl groups excluding tert-OH is 1. The van der Waals surface area contributed by atoms with Crippen molar-refractivity contribution >= 4 is 105 Å². The number of carbonyl (C=O) groups is 11. The highest BCUT2D eigenvalue weighted by Gasteiger charge is 2.43. The van der Waals surface area contributed by atoms with Gasteiger partial charge < -0.3 is 67.1 Å². The number of hydrogen-bond acceptors (Lipinski definition) is 27. The monoisotopic (exact) mass is 1420 g/mol. The van der Waals surface area contributed by atoms with E-state index in [1.54, 1.807) is 97.3 Å². The van der Waals surface area contributed by atoms with E-state index in [9.17, 15) is 52.7 Å². The van der Waals surface area contributed by atoms with Crippen molar-refractivity contribution in [3.8, 4) is 6.26 Å². The number of thioether (sulfide) groups is 2. The number of ketones is 4. The molecule has 2 rings (SSSR count). The molecule has 98 heavy (non-hydrogen) atoms. The summed E-state index contributed by atoms with van der Waals surface area (Å²) in [5, 5.41) is 19.7. The van der Waals surface area contributed by atoms with Crippen LogP contribution < -0.4 is 5.32 Å². The lowest BCUT2D eigenvalue weighted by molar-refractivity contribution is -0.161. The predicted molar refractivity (Wildman–Crippen MR) is 366 cm³/mol. The third kappa shape index (κ3) is 30.6. The molecule has 1 amide bonds. The van der Waals surface area contributed by atoms with Gasteiger partial charge in [0.1, 0.15) is 39.6 Å². The quantitative estimate of drug-likeness (QED) is 0.0145. The summed E-state index contributed by atoms with van der Waals surface area (Å²) in [4.78, 5) is 138. The van der Waals surface area contributed by atoms with Crippen molar-refractivity contribution in [2.75, 3.05) is 118 Å². The maximum absolute atomic E-state index is 13.2. The van der Waals surface area contributed by atoms with Gasteiger partial charge in [-0.15, -0.1) is 23.5 Å². The molecule has 2 N–H and O–H groups in total. The Morgan fingerprint density at radius 3 is 1.21 bits per heavy atom. The first-order valence-corrected chi connectivity index (χ1v) is 34.2. The number of nitrogens with one attached hydrogen (secondary N) is 1. The van der Waals surface area contributed by atoms with Gasteiger partial charge in [-0.3, -0.25) is 47.9 Å².